The van der Waals surface area contributed by atoms with E-state index in [1.807, 2.05) is 0 Å². The van der Waals surface area contributed by atoms with Crippen molar-refractivity contribution in [2.75, 3.05) is 7.11 Å². The molecule has 5 heteroatoms. The highest BCUT2D eigenvalue weighted by atomic mass is 16.5. The van der Waals surface area contributed by atoms with Crippen LogP contribution in [-0.2, 0) is 10.8 Å². The second-order valence-electron chi connectivity index (χ2n) is 9.11. The summed E-state index contributed by atoms with van der Waals surface area (Å²) in [5.74, 6) is -0.300. The Morgan fingerprint density at radius 1 is 1.03 bits per heavy atom. The number of fused-ring (bicyclic) bond motifs is 1. The maximum Gasteiger partial charge on any atom is 0.335 e. The molecule has 0 fully saturated rings. The fraction of sp³-hybridized carbons (Fsp3) is 0.360. The molecule has 5 nitrogen and oxygen atoms in total. The lowest BCUT2D eigenvalue weighted by atomic mass is 9.63. The molecule has 0 heterocycles. The van der Waals surface area contributed by atoms with E-state index in [4.69, 9.17) is 9.84 Å². The van der Waals surface area contributed by atoms with Crippen LogP contribution in [0, 0.1) is 0 Å². The number of methoxy groups -OCH3 is 1. The van der Waals surface area contributed by atoms with Gasteiger partial charge in [0.15, 0.2) is 0 Å². The molecule has 3 rings (SSSR count). The van der Waals surface area contributed by atoms with Crippen LogP contribution in [0.4, 0.5) is 0 Å². The first-order valence-electron chi connectivity index (χ1n) is 10.1. The monoisotopic (exact) mass is 407 g/mol. The number of rotatable bonds is 5. The third-order valence-corrected chi connectivity index (χ3v) is 6.15. The zero-order chi connectivity index (χ0) is 22.1. The summed E-state index contributed by atoms with van der Waals surface area (Å²) in [7, 11) is 1.62. The van der Waals surface area contributed by atoms with Gasteiger partial charge in [-0.3, -0.25) is 0 Å². The molecule has 0 unspecified atom stereocenters. The third-order valence-electron chi connectivity index (χ3n) is 6.15. The molecule has 2 aromatic rings. The predicted octanol–water partition coefficient (Wildman–Crippen LogP) is 5.63. The molecule has 0 spiro atoms. The summed E-state index contributed by atoms with van der Waals surface area (Å²) in [4.78, 5) is 11.0. The summed E-state index contributed by atoms with van der Waals surface area (Å²) in [6.45, 7) is 8.99. The van der Waals surface area contributed by atoms with Crippen LogP contribution in [0.15, 0.2) is 47.6 Å². The number of allylic oxidation sites excluding steroid dienone is 1. The average Bonchev–Trinajstić information content (AvgIpc) is 2.72. The molecule has 2 N–H and O–H groups in total. The fourth-order valence-electron chi connectivity index (χ4n) is 4.05. The zero-order valence-corrected chi connectivity index (χ0v) is 18.2. The SMILES string of the molecule is COc1cc2c(cc1C(C=Cc1ccc(C(=O)O)cc1)=NO)C(C)(C)CCC2(C)C. The van der Waals surface area contributed by atoms with Crippen LogP contribution in [-0.4, -0.2) is 29.1 Å². The lowest BCUT2D eigenvalue weighted by molar-refractivity contribution is 0.0697. The normalized spacial score (nSPS) is 17.6. The summed E-state index contributed by atoms with van der Waals surface area (Å²) < 4.78 is 5.66. The van der Waals surface area contributed by atoms with E-state index < -0.39 is 5.97 Å². The van der Waals surface area contributed by atoms with Gasteiger partial charge in [-0.15, -0.1) is 0 Å². The first-order valence-corrected chi connectivity index (χ1v) is 10.1. The first kappa shape index (κ1) is 21.6. The number of carboxylic acid groups (broad SMARTS) is 1. The van der Waals surface area contributed by atoms with E-state index >= 15 is 0 Å². The second kappa shape index (κ2) is 7.98. The standard InChI is InChI=1S/C25H29NO4/c1-24(2)12-13-25(3,4)20-15-22(30-5)18(14-19(20)24)21(26-29)11-8-16-6-9-17(10-7-16)23(27)28/h6-11,14-15,29H,12-13H2,1-5H3,(H,27,28). The Bertz CT molecular complexity index is 1010. The minimum Gasteiger partial charge on any atom is -0.496 e. The highest BCUT2D eigenvalue weighted by Crippen LogP contribution is 2.47. The third kappa shape index (κ3) is 4.11. The van der Waals surface area contributed by atoms with Gasteiger partial charge in [0.25, 0.3) is 0 Å². The summed E-state index contributed by atoms with van der Waals surface area (Å²) >= 11 is 0. The Hall–Kier alpha value is -3.08. The van der Waals surface area contributed by atoms with E-state index in [-0.39, 0.29) is 16.4 Å². The van der Waals surface area contributed by atoms with Crippen molar-refractivity contribution in [3.8, 4) is 5.75 Å². The van der Waals surface area contributed by atoms with E-state index in [2.05, 4.69) is 45.0 Å². The maximum absolute atomic E-state index is 11.0. The first-order chi connectivity index (χ1) is 14.1. The van der Waals surface area contributed by atoms with Crippen molar-refractivity contribution < 1.29 is 19.8 Å². The Morgan fingerprint density at radius 2 is 1.60 bits per heavy atom. The Morgan fingerprint density at radius 3 is 2.10 bits per heavy atom. The van der Waals surface area contributed by atoms with Gasteiger partial charge in [-0.2, -0.15) is 0 Å². The van der Waals surface area contributed by atoms with Crippen LogP contribution in [0.25, 0.3) is 6.08 Å². The molecule has 0 amide bonds. The van der Waals surface area contributed by atoms with Crippen molar-refractivity contribution in [3.63, 3.8) is 0 Å². The zero-order valence-electron chi connectivity index (χ0n) is 18.2. The van der Waals surface area contributed by atoms with E-state index in [1.54, 1.807) is 43.5 Å². The van der Waals surface area contributed by atoms with Gasteiger partial charge in [0, 0.05) is 5.56 Å². The molecule has 0 bridgehead atoms. The van der Waals surface area contributed by atoms with Gasteiger partial charge in [0.1, 0.15) is 11.5 Å². The van der Waals surface area contributed by atoms with E-state index in [1.165, 1.54) is 11.1 Å². The summed E-state index contributed by atoms with van der Waals surface area (Å²) in [6, 6.07) is 10.7. The van der Waals surface area contributed by atoms with Gasteiger partial charge >= 0.3 is 5.97 Å². The van der Waals surface area contributed by atoms with Gasteiger partial charge in [0.2, 0.25) is 0 Å². The summed E-state index contributed by atoms with van der Waals surface area (Å²) in [5.41, 5.74) is 4.72. The largest absolute Gasteiger partial charge is 0.496 e. The Balaban J connectivity index is 2.03. The predicted molar refractivity (Wildman–Crippen MR) is 119 cm³/mol. The van der Waals surface area contributed by atoms with Crippen molar-refractivity contribution in [3.05, 3.63) is 70.3 Å². The fourth-order valence-corrected chi connectivity index (χ4v) is 4.05. The number of ether oxygens (including phenoxy) is 1. The van der Waals surface area contributed by atoms with Gasteiger partial charge in [-0.05, 0) is 70.7 Å². The quantitative estimate of drug-likeness (QED) is 0.382. The van der Waals surface area contributed by atoms with Gasteiger partial charge in [-0.1, -0.05) is 51.1 Å². The number of hydrogen-bond acceptors (Lipinski definition) is 4. The summed E-state index contributed by atoms with van der Waals surface area (Å²) in [5, 5.41) is 22.3. The van der Waals surface area contributed by atoms with Crippen LogP contribution in [0.3, 0.4) is 0 Å². The molecule has 0 saturated heterocycles. The number of benzene rings is 2. The number of aromatic carboxylic acids is 1. The molecule has 0 radical (unpaired) electrons. The van der Waals surface area contributed by atoms with Crippen molar-refractivity contribution in [2.24, 2.45) is 5.16 Å². The molecule has 0 aromatic heterocycles. The number of carboxylic acids is 1. The van der Waals surface area contributed by atoms with Gasteiger partial charge in [0.05, 0.1) is 12.7 Å². The van der Waals surface area contributed by atoms with Crippen molar-refractivity contribution >= 4 is 17.8 Å². The average molecular weight is 408 g/mol. The van der Waals surface area contributed by atoms with Crippen molar-refractivity contribution in [1.29, 1.82) is 0 Å². The van der Waals surface area contributed by atoms with E-state index in [0.717, 1.165) is 24.0 Å². The second-order valence-corrected chi connectivity index (χ2v) is 9.11. The minimum atomic E-state index is -0.965. The van der Waals surface area contributed by atoms with Crippen molar-refractivity contribution in [1.82, 2.24) is 0 Å². The number of hydrogen-bond donors (Lipinski definition) is 2. The molecule has 1 aliphatic rings. The molecule has 0 atom stereocenters. The van der Waals surface area contributed by atoms with Crippen LogP contribution in [0.1, 0.15) is 73.1 Å². The lowest BCUT2D eigenvalue weighted by Crippen LogP contribution is -2.34. The Kier molecular flexibility index (Phi) is 5.75. The molecule has 158 valence electrons. The topological polar surface area (TPSA) is 79.1 Å². The van der Waals surface area contributed by atoms with Gasteiger partial charge in [-0.25, -0.2) is 4.79 Å². The highest BCUT2D eigenvalue weighted by molar-refractivity contribution is 6.12. The molecule has 0 saturated carbocycles. The van der Waals surface area contributed by atoms with E-state index in [0.29, 0.717) is 11.5 Å². The lowest BCUT2D eigenvalue weighted by Gasteiger charge is -2.42. The van der Waals surface area contributed by atoms with Crippen molar-refractivity contribution in [2.45, 2.75) is 51.4 Å². The molecule has 2 aromatic carbocycles. The van der Waals surface area contributed by atoms with E-state index in [9.17, 15) is 10.0 Å². The molecular weight excluding hydrogens is 378 g/mol. The number of oxime groups is 1. The molecule has 0 aliphatic heterocycles. The molecular formula is C25H29NO4. The Labute approximate surface area is 177 Å². The smallest absolute Gasteiger partial charge is 0.335 e. The molecule has 1 aliphatic carbocycles. The van der Waals surface area contributed by atoms with Crippen LogP contribution in [0.2, 0.25) is 0 Å². The van der Waals surface area contributed by atoms with Crippen LogP contribution >= 0.6 is 0 Å². The number of carbonyl (C=O) groups is 1. The van der Waals surface area contributed by atoms with Gasteiger partial charge < -0.3 is 15.1 Å². The van der Waals surface area contributed by atoms with Crippen LogP contribution < -0.4 is 4.74 Å². The summed E-state index contributed by atoms with van der Waals surface area (Å²) in [6.07, 6.45) is 5.68. The highest BCUT2D eigenvalue weighted by Gasteiger charge is 2.38. The van der Waals surface area contributed by atoms with Crippen LogP contribution in [0.5, 0.6) is 5.75 Å². The maximum atomic E-state index is 11.0. The minimum absolute atomic E-state index is 0.0167. The number of nitrogens with zero attached hydrogens (tertiary/aromatic N) is 1. The molecule has 30 heavy (non-hydrogen) atoms.